The molecule has 170 valence electrons. The fourth-order valence-corrected chi connectivity index (χ4v) is 3.89. The minimum Gasteiger partial charge on any atom is -0.489 e. The molecule has 7 nitrogen and oxygen atoms in total. The van der Waals surface area contributed by atoms with Gasteiger partial charge in [-0.15, -0.1) is 0 Å². The van der Waals surface area contributed by atoms with Gasteiger partial charge >= 0.3 is 0 Å². The van der Waals surface area contributed by atoms with Gasteiger partial charge in [0.25, 0.3) is 12.3 Å². The van der Waals surface area contributed by atoms with E-state index in [0.29, 0.717) is 54.1 Å². The summed E-state index contributed by atoms with van der Waals surface area (Å²) in [7, 11) is 0. The molecule has 3 aromatic rings. The van der Waals surface area contributed by atoms with E-state index in [9.17, 15) is 18.7 Å². The van der Waals surface area contributed by atoms with Crippen molar-refractivity contribution in [3.63, 3.8) is 0 Å². The Morgan fingerprint density at radius 1 is 1.31 bits per heavy atom. The van der Waals surface area contributed by atoms with Gasteiger partial charge in [-0.05, 0) is 44.0 Å². The predicted molar refractivity (Wildman–Crippen MR) is 112 cm³/mol. The van der Waals surface area contributed by atoms with Gasteiger partial charge in [-0.2, -0.15) is 0 Å². The minimum atomic E-state index is -2.70. The first kappa shape index (κ1) is 22.2. The van der Waals surface area contributed by atoms with Crippen molar-refractivity contribution >= 4 is 16.9 Å². The number of ether oxygens (including phenoxy) is 2. The number of aliphatic hydroxyl groups excluding tert-OH is 1. The molecule has 0 radical (unpaired) electrons. The Morgan fingerprint density at radius 3 is 2.81 bits per heavy atom. The number of halogens is 2. The highest BCUT2D eigenvalue weighted by atomic mass is 19.3. The number of alkyl halides is 2. The number of rotatable bonds is 7. The van der Waals surface area contributed by atoms with Crippen molar-refractivity contribution in [3.8, 4) is 5.75 Å². The first-order valence-corrected chi connectivity index (χ1v) is 10.3. The van der Waals surface area contributed by atoms with Gasteiger partial charge in [-0.1, -0.05) is 6.07 Å². The number of nitrogens with zero attached hydrogens (tertiary/aromatic N) is 1. The topological polar surface area (TPSA) is 93.8 Å². The first-order valence-electron chi connectivity index (χ1n) is 10.3. The standard InChI is InChI=1S/C23H24F2N2O5/c1-14-19(22(29)27-23(13-28)6-9-30-10-7-23)17-11-16(4-5-18(17)32-14)31-12-15-3-2-8-26-20(15)21(24)25/h2-5,8,11,21,28H,6-7,9-10,12-13H2,1H3,(H,27,29). The lowest BCUT2D eigenvalue weighted by Gasteiger charge is -2.36. The molecular formula is C23H24F2N2O5. The van der Waals surface area contributed by atoms with Crippen molar-refractivity contribution in [3.05, 3.63) is 59.1 Å². The van der Waals surface area contributed by atoms with E-state index in [2.05, 4.69) is 10.3 Å². The number of furan rings is 1. The summed E-state index contributed by atoms with van der Waals surface area (Å²) in [5, 5.41) is 13.4. The second-order valence-electron chi connectivity index (χ2n) is 7.83. The average Bonchev–Trinajstić information content (AvgIpc) is 3.13. The summed E-state index contributed by atoms with van der Waals surface area (Å²) in [4.78, 5) is 16.9. The molecule has 1 amide bonds. The third-order valence-corrected chi connectivity index (χ3v) is 5.72. The lowest BCUT2D eigenvalue weighted by atomic mass is 9.90. The molecule has 1 aliphatic heterocycles. The molecule has 4 rings (SSSR count). The Balaban J connectivity index is 1.58. The number of carbonyl (C=O) groups excluding carboxylic acids is 1. The van der Waals surface area contributed by atoms with E-state index in [1.54, 1.807) is 31.2 Å². The Hall–Kier alpha value is -3.04. The summed E-state index contributed by atoms with van der Waals surface area (Å²) in [5.41, 5.74) is 0.0665. The second-order valence-corrected chi connectivity index (χ2v) is 7.83. The zero-order valence-corrected chi connectivity index (χ0v) is 17.6. The number of aryl methyl sites for hydroxylation is 1. The van der Waals surface area contributed by atoms with Crippen LogP contribution in [0.15, 0.2) is 40.9 Å². The van der Waals surface area contributed by atoms with E-state index in [4.69, 9.17) is 13.9 Å². The van der Waals surface area contributed by atoms with Crippen LogP contribution in [0.2, 0.25) is 0 Å². The summed E-state index contributed by atoms with van der Waals surface area (Å²) in [6, 6.07) is 8.08. The fraction of sp³-hybridized carbons (Fsp3) is 0.391. The van der Waals surface area contributed by atoms with Gasteiger partial charge < -0.3 is 24.3 Å². The van der Waals surface area contributed by atoms with Crippen LogP contribution in [-0.2, 0) is 11.3 Å². The SMILES string of the molecule is Cc1oc2ccc(OCc3cccnc3C(F)F)cc2c1C(=O)NC1(CO)CCOCC1. The van der Waals surface area contributed by atoms with Gasteiger partial charge in [0, 0.05) is 30.4 Å². The number of aromatic nitrogens is 1. The first-order chi connectivity index (χ1) is 15.4. The number of hydrogen-bond donors (Lipinski definition) is 2. The molecule has 0 saturated carbocycles. The van der Waals surface area contributed by atoms with Crippen LogP contribution in [0.4, 0.5) is 8.78 Å². The van der Waals surface area contributed by atoms with Crippen LogP contribution in [0.3, 0.4) is 0 Å². The largest absolute Gasteiger partial charge is 0.489 e. The van der Waals surface area contributed by atoms with Crippen molar-refractivity contribution in [1.82, 2.24) is 10.3 Å². The molecule has 0 bridgehead atoms. The smallest absolute Gasteiger partial charge is 0.280 e. The summed E-state index contributed by atoms with van der Waals surface area (Å²) in [6.07, 6.45) is -0.368. The minimum absolute atomic E-state index is 0.0923. The summed E-state index contributed by atoms with van der Waals surface area (Å²) in [5.74, 6) is 0.475. The quantitative estimate of drug-likeness (QED) is 0.571. The van der Waals surface area contributed by atoms with Gasteiger partial charge in [0.05, 0.1) is 17.7 Å². The van der Waals surface area contributed by atoms with Crippen molar-refractivity contribution in [1.29, 1.82) is 0 Å². The molecule has 2 aromatic heterocycles. The monoisotopic (exact) mass is 446 g/mol. The van der Waals surface area contributed by atoms with Gasteiger partial charge in [-0.25, -0.2) is 8.78 Å². The van der Waals surface area contributed by atoms with Crippen molar-refractivity contribution < 1.29 is 32.6 Å². The molecule has 2 N–H and O–H groups in total. The van der Waals surface area contributed by atoms with Crippen LogP contribution in [-0.4, -0.2) is 41.4 Å². The molecule has 0 aliphatic carbocycles. The highest BCUT2D eigenvalue weighted by Crippen LogP contribution is 2.31. The molecule has 1 aromatic carbocycles. The Labute approximate surface area is 183 Å². The van der Waals surface area contributed by atoms with Crippen molar-refractivity contribution in [2.45, 2.75) is 38.3 Å². The number of carbonyl (C=O) groups is 1. The Bertz CT molecular complexity index is 1110. The second kappa shape index (κ2) is 9.22. The lowest BCUT2D eigenvalue weighted by Crippen LogP contribution is -2.54. The number of fused-ring (bicyclic) bond motifs is 1. The molecule has 0 spiro atoms. The molecule has 1 aliphatic rings. The number of nitrogens with one attached hydrogen (secondary N) is 1. The maximum atomic E-state index is 13.2. The van der Waals surface area contributed by atoms with Crippen LogP contribution in [0.5, 0.6) is 5.75 Å². The normalized spacial score (nSPS) is 15.8. The van der Waals surface area contributed by atoms with Gasteiger partial charge in [0.2, 0.25) is 0 Å². The van der Waals surface area contributed by atoms with Crippen LogP contribution >= 0.6 is 0 Å². The third-order valence-electron chi connectivity index (χ3n) is 5.72. The third kappa shape index (κ3) is 4.44. The maximum absolute atomic E-state index is 13.2. The number of benzene rings is 1. The number of hydrogen-bond acceptors (Lipinski definition) is 6. The number of aliphatic hydroxyl groups is 1. The molecular weight excluding hydrogens is 422 g/mol. The summed E-state index contributed by atoms with van der Waals surface area (Å²) in [6.45, 7) is 2.32. The van der Waals surface area contributed by atoms with E-state index in [1.165, 1.54) is 12.3 Å². The Morgan fingerprint density at radius 2 is 2.09 bits per heavy atom. The molecule has 0 unspecified atom stereocenters. The molecule has 0 atom stereocenters. The van der Waals surface area contributed by atoms with Gasteiger partial charge in [0.1, 0.15) is 29.4 Å². The van der Waals surface area contributed by atoms with Crippen molar-refractivity contribution in [2.24, 2.45) is 0 Å². The predicted octanol–water partition coefficient (Wildman–Crippen LogP) is 3.92. The Kier molecular flexibility index (Phi) is 6.38. The highest BCUT2D eigenvalue weighted by Gasteiger charge is 2.35. The number of amides is 1. The molecule has 9 heteroatoms. The van der Waals surface area contributed by atoms with E-state index in [-0.39, 0.29) is 30.4 Å². The van der Waals surface area contributed by atoms with E-state index in [0.717, 1.165) is 0 Å². The fourth-order valence-electron chi connectivity index (χ4n) is 3.89. The molecule has 1 fully saturated rings. The lowest BCUT2D eigenvalue weighted by molar-refractivity contribution is 0.0125. The van der Waals surface area contributed by atoms with Gasteiger partial charge in [0.15, 0.2) is 0 Å². The van der Waals surface area contributed by atoms with E-state index >= 15 is 0 Å². The van der Waals surface area contributed by atoms with Crippen molar-refractivity contribution in [2.75, 3.05) is 19.8 Å². The maximum Gasteiger partial charge on any atom is 0.280 e. The van der Waals surface area contributed by atoms with Crippen LogP contribution < -0.4 is 10.1 Å². The average molecular weight is 446 g/mol. The van der Waals surface area contributed by atoms with Crippen LogP contribution in [0, 0.1) is 6.92 Å². The summed E-state index contributed by atoms with van der Waals surface area (Å²) >= 11 is 0. The van der Waals surface area contributed by atoms with Crippen LogP contribution in [0.1, 0.15) is 46.6 Å². The van der Waals surface area contributed by atoms with Gasteiger partial charge in [-0.3, -0.25) is 9.78 Å². The summed E-state index contributed by atoms with van der Waals surface area (Å²) < 4.78 is 43.1. The van der Waals surface area contributed by atoms with E-state index in [1.807, 2.05) is 0 Å². The van der Waals surface area contributed by atoms with Crippen LogP contribution in [0.25, 0.3) is 11.0 Å². The molecule has 3 heterocycles. The zero-order valence-electron chi connectivity index (χ0n) is 17.6. The molecule has 32 heavy (non-hydrogen) atoms. The number of pyridine rings is 1. The highest BCUT2D eigenvalue weighted by molar-refractivity contribution is 6.07. The van der Waals surface area contributed by atoms with E-state index < -0.39 is 12.0 Å². The molecule has 1 saturated heterocycles. The zero-order chi connectivity index (χ0) is 22.7.